The van der Waals surface area contributed by atoms with Crippen molar-refractivity contribution in [2.45, 2.75) is 32.2 Å². The minimum Gasteiger partial charge on any atom is -0.376 e. The number of anilines is 1. The van der Waals surface area contributed by atoms with E-state index in [1.54, 1.807) is 6.07 Å². The third kappa shape index (κ3) is 6.55. The largest absolute Gasteiger partial charge is 0.376 e. The molecule has 1 aliphatic rings. The van der Waals surface area contributed by atoms with Crippen molar-refractivity contribution in [3.05, 3.63) is 57.0 Å². The third-order valence-electron chi connectivity index (χ3n) is 4.05. The van der Waals surface area contributed by atoms with E-state index in [0.29, 0.717) is 5.69 Å². The van der Waals surface area contributed by atoms with Gasteiger partial charge < -0.3 is 10.2 Å². The van der Waals surface area contributed by atoms with Gasteiger partial charge in [-0.1, -0.05) is 24.3 Å². The van der Waals surface area contributed by atoms with Gasteiger partial charge in [0.05, 0.1) is 4.92 Å². The quantitative estimate of drug-likeness (QED) is 0.514. The van der Waals surface area contributed by atoms with Crippen LogP contribution >= 0.6 is 11.8 Å². The summed E-state index contributed by atoms with van der Waals surface area (Å²) >= 11 is 1.82. The molecule has 1 aromatic rings. The first-order valence-electron chi connectivity index (χ1n) is 8.61. The van der Waals surface area contributed by atoms with Gasteiger partial charge in [-0.2, -0.15) is 0 Å². The molecule has 0 fully saturated rings. The molecule has 2 rings (SSSR count). The van der Waals surface area contributed by atoms with Crippen LogP contribution in [-0.4, -0.2) is 42.3 Å². The number of nitrogens with zero attached hydrogens (tertiary/aromatic N) is 2. The Morgan fingerprint density at radius 1 is 1.36 bits per heavy atom. The average molecular weight is 362 g/mol. The lowest BCUT2D eigenvalue weighted by Gasteiger charge is -2.22. The van der Waals surface area contributed by atoms with Crippen molar-refractivity contribution in [3.63, 3.8) is 0 Å². The molecule has 0 saturated carbocycles. The fourth-order valence-corrected chi connectivity index (χ4v) is 3.71. The van der Waals surface area contributed by atoms with Crippen LogP contribution in [0.15, 0.2) is 41.3 Å². The highest BCUT2D eigenvalue weighted by Crippen LogP contribution is 2.29. The van der Waals surface area contributed by atoms with Gasteiger partial charge in [0, 0.05) is 22.8 Å². The number of thioether (sulfide) groups is 1. The molecule has 1 aromatic carbocycles. The monoisotopic (exact) mass is 361 g/mol. The molecule has 0 saturated heterocycles. The SMILES string of the molecule is Cc1ccc(NC(CCN(C)C)CSC2=CCCC=C2)c([N+](=O)[O-])c1. The summed E-state index contributed by atoms with van der Waals surface area (Å²) in [4.78, 5) is 14.5. The molecule has 0 amide bonds. The second kappa shape index (κ2) is 9.63. The zero-order valence-electron chi connectivity index (χ0n) is 15.2. The summed E-state index contributed by atoms with van der Waals surface area (Å²) in [6.45, 7) is 2.81. The molecular formula is C19H27N3O2S. The number of hydrogen-bond acceptors (Lipinski definition) is 5. The third-order valence-corrected chi connectivity index (χ3v) is 5.25. The molecule has 1 N–H and O–H groups in total. The van der Waals surface area contributed by atoms with Crippen LogP contribution in [0.25, 0.3) is 0 Å². The summed E-state index contributed by atoms with van der Waals surface area (Å²) in [6.07, 6.45) is 9.78. The standard InChI is InChI=1S/C19H27N3O2S/c1-15-9-10-18(19(13-15)22(23)24)20-16(11-12-21(2)3)14-25-17-7-5-4-6-8-17/h5,7-10,13,16,20H,4,6,11-12,14H2,1-3H3. The Hall–Kier alpha value is -1.79. The van der Waals surface area contributed by atoms with Crippen LogP contribution in [0.1, 0.15) is 24.8 Å². The number of allylic oxidation sites excluding steroid dienone is 3. The molecule has 136 valence electrons. The second-order valence-corrected chi connectivity index (χ2v) is 7.70. The Morgan fingerprint density at radius 2 is 2.16 bits per heavy atom. The van der Waals surface area contributed by atoms with E-state index in [4.69, 9.17) is 0 Å². The van der Waals surface area contributed by atoms with Gasteiger partial charge in [0.1, 0.15) is 5.69 Å². The van der Waals surface area contributed by atoms with Crippen molar-refractivity contribution < 1.29 is 4.92 Å². The zero-order valence-corrected chi connectivity index (χ0v) is 16.0. The molecule has 1 aliphatic carbocycles. The van der Waals surface area contributed by atoms with Gasteiger partial charge >= 0.3 is 0 Å². The normalized spacial score (nSPS) is 15.1. The Labute approximate surface area is 154 Å². The predicted molar refractivity (Wildman–Crippen MR) is 107 cm³/mol. The maximum atomic E-state index is 11.4. The van der Waals surface area contributed by atoms with Gasteiger partial charge in [0.2, 0.25) is 0 Å². The van der Waals surface area contributed by atoms with E-state index in [2.05, 4.69) is 28.4 Å². The van der Waals surface area contributed by atoms with Crippen molar-refractivity contribution in [2.24, 2.45) is 0 Å². The van der Waals surface area contributed by atoms with E-state index in [1.807, 2.05) is 44.9 Å². The van der Waals surface area contributed by atoms with Crippen LogP contribution in [0.4, 0.5) is 11.4 Å². The van der Waals surface area contributed by atoms with Crippen LogP contribution in [0.2, 0.25) is 0 Å². The van der Waals surface area contributed by atoms with Crippen LogP contribution in [-0.2, 0) is 0 Å². The number of benzene rings is 1. The van der Waals surface area contributed by atoms with E-state index in [0.717, 1.165) is 37.1 Å². The summed E-state index contributed by atoms with van der Waals surface area (Å²) in [5.41, 5.74) is 1.65. The number of nitrogens with one attached hydrogen (secondary N) is 1. The van der Waals surface area contributed by atoms with Crippen molar-refractivity contribution in [1.29, 1.82) is 0 Å². The summed E-state index contributed by atoms with van der Waals surface area (Å²) in [5.74, 6) is 0.884. The van der Waals surface area contributed by atoms with E-state index < -0.39 is 0 Å². The van der Waals surface area contributed by atoms with Crippen molar-refractivity contribution in [1.82, 2.24) is 4.90 Å². The molecule has 0 spiro atoms. The van der Waals surface area contributed by atoms with Crippen LogP contribution < -0.4 is 5.32 Å². The van der Waals surface area contributed by atoms with E-state index >= 15 is 0 Å². The number of hydrogen-bond donors (Lipinski definition) is 1. The summed E-state index contributed by atoms with van der Waals surface area (Å²) in [5, 5.41) is 14.8. The molecule has 25 heavy (non-hydrogen) atoms. The van der Waals surface area contributed by atoms with E-state index in [9.17, 15) is 10.1 Å². The van der Waals surface area contributed by atoms with Gasteiger partial charge in [-0.15, -0.1) is 11.8 Å². The van der Waals surface area contributed by atoms with Crippen LogP contribution in [0.5, 0.6) is 0 Å². The number of nitro groups is 1. The number of nitro benzene ring substituents is 1. The summed E-state index contributed by atoms with van der Waals surface area (Å²) in [6, 6.07) is 5.54. The second-order valence-electron chi connectivity index (χ2n) is 6.61. The molecule has 0 radical (unpaired) electrons. The zero-order chi connectivity index (χ0) is 18.2. The highest BCUT2D eigenvalue weighted by Gasteiger charge is 2.18. The molecule has 0 heterocycles. The first-order valence-corrected chi connectivity index (χ1v) is 9.60. The molecule has 5 nitrogen and oxygen atoms in total. The van der Waals surface area contributed by atoms with Gasteiger partial charge in [-0.25, -0.2) is 0 Å². The fourth-order valence-electron chi connectivity index (χ4n) is 2.64. The summed E-state index contributed by atoms with van der Waals surface area (Å²) < 4.78 is 0. The highest BCUT2D eigenvalue weighted by molar-refractivity contribution is 8.03. The maximum Gasteiger partial charge on any atom is 0.292 e. The lowest BCUT2D eigenvalue weighted by Crippen LogP contribution is -2.28. The minimum absolute atomic E-state index is 0.150. The first kappa shape index (κ1) is 19.5. The topological polar surface area (TPSA) is 58.4 Å². The molecule has 0 aromatic heterocycles. The van der Waals surface area contributed by atoms with Crippen molar-refractivity contribution in [3.8, 4) is 0 Å². The van der Waals surface area contributed by atoms with Gasteiger partial charge in [-0.05, 0) is 58.5 Å². The molecule has 1 unspecified atom stereocenters. The Kier molecular flexibility index (Phi) is 7.52. The van der Waals surface area contributed by atoms with E-state index in [1.165, 1.54) is 4.91 Å². The highest BCUT2D eigenvalue weighted by atomic mass is 32.2. The molecule has 1 atom stereocenters. The average Bonchev–Trinajstić information content (AvgIpc) is 2.59. The van der Waals surface area contributed by atoms with Gasteiger partial charge in [0.25, 0.3) is 5.69 Å². The smallest absolute Gasteiger partial charge is 0.292 e. The number of aryl methyl sites for hydroxylation is 1. The van der Waals surface area contributed by atoms with Crippen molar-refractivity contribution in [2.75, 3.05) is 31.7 Å². The minimum atomic E-state index is -0.308. The fraction of sp³-hybridized carbons (Fsp3) is 0.474. The van der Waals surface area contributed by atoms with E-state index in [-0.39, 0.29) is 16.7 Å². The predicted octanol–water partition coefficient (Wildman–Crippen LogP) is 4.60. The molecule has 0 bridgehead atoms. The van der Waals surface area contributed by atoms with Crippen LogP contribution in [0, 0.1) is 17.0 Å². The Bertz CT molecular complexity index is 656. The van der Waals surface area contributed by atoms with Crippen molar-refractivity contribution >= 4 is 23.1 Å². The number of rotatable bonds is 9. The van der Waals surface area contributed by atoms with Gasteiger partial charge in [0.15, 0.2) is 0 Å². The summed E-state index contributed by atoms with van der Waals surface area (Å²) in [7, 11) is 4.09. The lowest BCUT2D eigenvalue weighted by atomic mass is 10.1. The van der Waals surface area contributed by atoms with Crippen LogP contribution in [0.3, 0.4) is 0 Å². The lowest BCUT2D eigenvalue weighted by molar-refractivity contribution is -0.384. The molecule has 6 heteroatoms. The molecular weight excluding hydrogens is 334 g/mol. The Balaban J connectivity index is 2.08. The Morgan fingerprint density at radius 3 is 2.80 bits per heavy atom. The molecule has 0 aliphatic heterocycles. The maximum absolute atomic E-state index is 11.4. The van der Waals surface area contributed by atoms with Gasteiger partial charge in [-0.3, -0.25) is 10.1 Å². The first-order chi connectivity index (χ1) is 12.0.